The van der Waals surface area contributed by atoms with Crippen LogP contribution >= 0.6 is 0 Å². The molecule has 0 unspecified atom stereocenters. The van der Waals surface area contributed by atoms with Crippen LogP contribution in [0.15, 0.2) is 47.2 Å². The van der Waals surface area contributed by atoms with Gasteiger partial charge < -0.3 is 13.9 Å². The maximum atomic E-state index is 11.5. The predicted octanol–water partition coefficient (Wildman–Crippen LogP) is 3.19. The third-order valence-electron chi connectivity index (χ3n) is 2.77. The molecule has 3 aromatic rings. The highest BCUT2D eigenvalue weighted by molar-refractivity contribution is 5.87. The summed E-state index contributed by atoms with van der Waals surface area (Å²) in [4.78, 5) is 19.7. The number of aromatic nitrogens is 2. The molecule has 0 aliphatic rings. The normalized spacial score (nSPS) is 10.5. The van der Waals surface area contributed by atoms with Gasteiger partial charge in [-0.3, -0.25) is 4.98 Å². The van der Waals surface area contributed by atoms with Crippen molar-refractivity contribution in [1.29, 1.82) is 0 Å². The molecular formula is C15H12N2O4. The summed E-state index contributed by atoms with van der Waals surface area (Å²) in [5.41, 5.74) is 0.873. The number of fused-ring (bicyclic) bond motifs is 1. The zero-order valence-electron chi connectivity index (χ0n) is 11.3. The number of carbonyl (C=O) groups is 1. The Morgan fingerprint density at radius 2 is 2.19 bits per heavy atom. The highest BCUT2D eigenvalue weighted by Gasteiger charge is 2.15. The van der Waals surface area contributed by atoms with Gasteiger partial charge in [0.15, 0.2) is 5.69 Å². The van der Waals surface area contributed by atoms with Crippen molar-refractivity contribution in [3.05, 3.63) is 48.5 Å². The van der Waals surface area contributed by atoms with Gasteiger partial charge in [-0.05, 0) is 31.2 Å². The first-order chi connectivity index (χ1) is 10.3. The molecule has 0 fully saturated rings. The number of rotatable bonds is 4. The summed E-state index contributed by atoms with van der Waals surface area (Å²) >= 11 is 0. The largest absolute Gasteiger partial charge is 0.461 e. The molecule has 0 amide bonds. The van der Waals surface area contributed by atoms with Crippen LogP contribution in [-0.2, 0) is 4.74 Å². The molecule has 6 nitrogen and oxygen atoms in total. The lowest BCUT2D eigenvalue weighted by atomic mass is 10.2. The van der Waals surface area contributed by atoms with Gasteiger partial charge in [0.1, 0.15) is 12.0 Å². The molecular weight excluding hydrogens is 272 g/mol. The van der Waals surface area contributed by atoms with E-state index in [9.17, 15) is 4.79 Å². The molecule has 0 radical (unpaired) electrons. The summed E-state index contributed by atoms with van der Waals surface area (Å²) in [6.45, 7) is 2.00. The number of pyridine rings is 1. The molecule has 2 aromatic heterocycles. The fourth-order valence-electron chi connectivity index (χ4n) is 1.86. The van der Waals surface area contributed by atoms with Crippen LogP contribution < -0.4 is 4.74 Å². The molecule has 0 N–H and O–H groups in total. The highest BCUT2D eigenvalue weighted by atomic mass is 16.6. The standard InChI is InChI=1S/C15H12N2O4/c1-2-19-14(18)12-9-20-15(17-12)21-13-7-3-6-11-10(13)5-4-8-16-11/h3-9H,2H2,1H3. The van der Waals surface area contributed by atoms with Crippen molar-refractivity contribution in [3.63, 3.8) is 0 Å². The van der Waals surface area contributed by atoms with Crippen molar-refractivity contribution in [2.24, 2.45) is 0 Å². The Morgan fingerprint density at radius 3 is 3.05 bits per heavy atom. The Balaban J connectivity index is 1.87. The van der Waals surface area contributed by atoms with Crippen molar-refractivity contribution < 1.29 is 18.7 Å². The third-order valence-corrected chi connectivity index (χ3v) is 2.77. The van der Waals surface area contributed by atoms with Crippen LogP contribution in [-0.4, -0.2) is 22.5 Å². The van der Waals surface area contributed by atoms with Crippen molar-refractivity contribution in [1.82, 2.24) is 9.97 Å². The van der Waals surface area contributed by atoms with Crippen LogP contribution in [0.25, 0.3) is 10.9 Å². The van der Waals surface area contributed by atoms with Crippen LogP contribution in [0.4, 0.5) is 0 Å². The van der Waals surface area contributed by atoms with Crippen molar-refractivity contribution in [2.45, 2.75) is 6.92 Å². The van der Waals surface area contributed by atoms with Crippen LogP contribution in [0.3, 0.4) is 0 Å². The fraction of sp³-hybridized carbons (Fsp3) is 0.133. The van der Waals surface area contributed by atoms with E-state index in [1.807, 2.05) is 24.3 Å². The van der Waals surface area contributed by atoms with Gasteiger partial charge in [0.2, 0.25) is 0 Å². The average molecular weight is 284 g/mol. The maximum absolute atomic E-state index is 11.5. The Kier molecular flexibility index (Phi) is 3.51. The molecule has 3 rings (SSSR count). The molecule has 0 saturated heterocycles. The smallest absolute Gasteiger partial charge is 0.399 e. The average Bonchev–Trinajstić information content (AvgIpc) is 2.97. The van der Waals surface area contributed by atoms with Crippen LogP contribution in [0.5, 0.6) is 11.8 Å². The lowest BCUT2D eigenvalue weighted by molar-refractivity contribution is 0.0519. The summed E-state index contributed by atoms with van der Waals surface area (Å²) in [5.74, 6) is 0.00791. The van der Waals surface area contributed by atoms with E-state index in [4.69, 9.17) is 13.9 Å². The van der Waals surface area contributed by atoms with E-state index >= 15 is 0 Å². The van der Waals surface area contributed by atoms with Gasteiger partial charge in [0.05, 0.1) is 12.1 Å². The summed E-state index contributed by atoms with van der Waals surface area (Å²) < 4.78 is 15.5. The summed E-state index contributed by atoms with van der Waals surface area (Å²) in [7, 11) is 0. The first-order valence-electron chi connectivity index (χ1n) is 6.42. The number of ether oxygens (including phenoxy) is 2. The van der Waals surface area contributed by atoms with Gasteiger partial charge in [0.25, 0.3) is 0 Å². The Morgan fingerprint density at radius 1 is 1.29 bits per heavy atom. The quantitative estimate of drug-likeness (QED) is 0.685. The topological polar surface area (TPSA) is 74.5 Å². The fourth-order valence-corrected chi connectivity index (χ4v) is 1.86. The zero-order chi connectivity index (χ0) is 14.7. The molecule has 0 aliphatic carbocycles. The lowest BCUT2D eigenvalue weighted by Crippen LogP contribution is -2.04. The van der Waals surface area contributed by atoms with Gasteiger partial charge in [0, 0.05) is 11.6 Å². The van der Waals surface area contributed by atoms with E-state index in [1.165, 1.54) is 6.26 Å². The summed E-state index contributed by atoms with van der Waals surface area (Å²) in [6, 6.07) is 9.17. The number of oxazole rings is 1. The maximum Gasteiger partial charge on any atom is 0.399 e. The summed E-state index contributed by atoms with van der Waals surface area (Å²) in [5, 5.41) is 0.830. The predicted molar refractivity (Wildman–Crippen MR) is 74.3 cm³/mol. The first-order valence-corrected chi connectivity index (χ1v) is 6.42. The SMILES string of the molecule is CCOC(=O)c1coc(Oc2cccc3ncccc23)n1. The second kappa shape index (κ2) is 5.62. The Bertz CT molecular complexity index is 777. The number of nitrogens with zero attached hydrogens (tertiary/aromatic N) is 2. The highest BCUT2D eigenvalue weighted by Crippen LogP contribution is 2.28. The molecule has 0 bridgehead atoms. The van der Waals surface area contributed by atoms with E-state index in [0.29, 0.717) is 5.75 Å². The van der Waals surface area contributed by atoms with Gasteiger partial charge in [-0.2, -0.15) is 4.98 Å². The van der Waals surface area contributed by atoms with Crippen molar-refractivity contribution in [2.75, 3.05) is 6.61 Å². The first kappa shape index (κ1) is 13.1. The van der Waals surface area contributed by atoms with Gasteiger partial charge in [-0.1, -0.05) is 6.07 Å². The van der Waals surface area contributed by atoms with Crippen molar-refractivity contribution >= 4 is 16.9 Å². The number of esters is 1. The molecule has 0 aliphatic heterocycles. The molecule has 2 heterocycles. The number of hydrogen-bond donors (Lipinski definition) is 0. The molecule has 6 heteroatoms. The molecule has 0 atom stereocenters. The zero-order valence-corrected chi connectivity index (χ0v) is 11.3. The van der Waals surface area contributed by atoms with Gasteiger partial charge >= 0.3 is 12.0 Å². The van der Waals surface area contributed by atoms with Gasteiger partial charge in [-0.15, -0.1) is 0 Å². The molecule has 21 heavy (non-hydrogen) atoms. The lowest BCUT2D eigenvalue weighted by Gasteiger charge is -2.04. The number of carbonyl (C=O) groups excluding carboxylic acids is 1. The monoisotopic (exact) mass is 284 g/mol. The molecule has 0 spiro atoms. The van der Waals surface area contributed by atoms with E-state index in [-0.39, 0.29) is 18.4 Å². The van der Waals surface area contributed by atoms with E-state index in [2.05, 4.69) is 9.97 Å². The van der Waals surface area contributed by atoms with Crippen LogP contribution in [0.1, 0.15) is 17.4 Å². The minimum atomic E-state index is -0.546. The van der Waals surface area contributed by atoms with Crippen LogP contribution in [0.2, 0.25) is 0 Å². The van der Waals surface area contributed by atoms with Crippen molar-refractivity contribution in [3.8, 4) is 11.8 Å². The number of benzene rings is 1. The Labute approximate surface area is 120 Å². The summed E-state index contributed by atoms with van der Waals surface area (Å²) in [6.07, 6.45) is 2.89. The van der Waals surface area contributed by atoms with E-state index < -0.39 is 5.97 Å². The number of hydrogen-bond acceptors (Lipinski definition) is 6. The third kappa shape index (κ3) is 2.69. The van der Waals surface area contributed by atoms with Crippen LogP contribution in [0, 0.1) is 0 Å². The second-order valence-corrected chi connectivity index (χ2v) is 4.15. The van der Waals surface area contributed by atoms with Gasteiger partial charge in [-0.25, -0.2) is 4.79 Å². The van der Waals surface area contributed by atoms with E-state index in [1.54, 1.807) is 19.2 Å². The second-order valence-electron chi connectivity index (χ2n) is 4.15. The molecule has 106 valence electrons. The molecule has 0 saturated carbocycles. The van der Waals surface area contributed by atoms with E-state index in [0.717, 1.165) is 10.9 Å². The molecule has 1 aromatic carbocycles. The minimum Gasteiger partial charge on any atom is -0.461 e. The Hall–Kier alpha value is -2.89. The minimum absolute atomic E-state index is 0.0191.